The van der Waals surface area contributed by atoms with Crippen molar-refractivity contribution in [2.45, 2.75) is 11.9 Å². The van der Waals surface area contributed by atoms with Gasteiger partial charge in [-0.3, -0.25) is 9.78 Å². The molecular formula is C20H21N5O5S. The van der Waals surface area contributed by atoms with E-state index in [2.05, 4.69) is 25.6 Å². The number of rotatable bonds is 8. The number of pyridine rings is 3. The van der Waals surface area contributed by atoms with Crippen LogP contribution in [0.1, 0.15) is 6.92 Å². The van der Waals surface area contributed by atoms with E-state index in [9.17, 15) is 13.2 Å². The van der Waals surface area contributed by atoms with E-state index in [0.717, 1.165) is 6.26 Å². The van der Waals surface area contributed by atoms with E-state index >= 15 is 0 Å². The molecule has 0 bridgehead atoms. The highest BCUT2D eigenvalue weighted by Crippen LogP contribution is 2.31. The van der Waals surface area contributed by atoms with Gasteiger partial charge >= 0.3 is 0 Å². The van der Waals surface area contributed by atoms with Gasteiger partial charge in [-0.2, -0.15) is 0 Å². The number of nitrogens with one attached hydrogen (secondary N) is 2. The molecule has 0 aromatic carbocycles. The zero-order valence-corrected chi connectivity index (χ0v) is 17.7. The monoisotopic (exact) mass is 443 g/mol. The first-order valence-corrected chi connectivity index (χ1v) is 11.1. The predicted molar refractivity (Wildman–Crippen MR) is 115 cm³/mol. The van der Waals surface area contributed by atoms with Gasteiger partial charge in [0.25, 0.3) is 0 Å². The molecule has 1 amide bonds. The number of ether oxygens (including phenoxy) is 1. The normalized spacial score (nSPS) is 11.1. The summed E-state index contributed by atoms with van der Waals surface area (Å²) in [7, 11) is -3.63. The van der Waals surface area contributed by atoms with Crippen molar-refractivity contribution in [2.75, 3.05) is 30.1 Å². The van der Waals surface area contributed by atoms with Crippen molar-refractivity contribution in [1.82, 2.24) is 15.0 Å². The molecule has 31 heavy (non-hydrogen) atoms. The Kier molecular flexibility index (Phi) is 6.78. The molecule has 0 saturated carbocycles. The van der Waals surface area contributed by atoms with Gasteiger partial charge in [-0.05, 0) is 12.1 Å². The Labute approximate surface area is 179 Å². The van der Waals surface area contributed by atoms with Crippen LogP contribution in [0.25, 0.3) is 11.3 Å². The zero-order chi connectivity index (χ0) is 22.4. The van der Waals surface area contributed by atoms with Crippen LogP contribution in [0.2, 0.25) is 0 Å². The van der Waals surface area contributed by atoms with Crippen molar-refractivity contribution in [3.63, 3.8) is 0 Å². The molecule has 0 spiro atoms. The molecule has 3 N–H and O–H groups in total. The Morgan fingerprint density at radius 3 is 2.61 bits per heavy atom. The maximum absolute atomic E-state index is 12.1. The number of sulfone groups is 1. The Morgan fingerprint density at radius 1 is 1.16 bits per heavy atom. The van der Waals surface area contributed by atoms with Crippen LogP contribution in [-0.4, -0.2) is 53.9 Å². The van der Waals surface area contributed by atoms with Crippen LogP contribution in [0, 0.1) is 0 Å². The van der Waals surface area contributed by atoms with Gasteiger partial charge in [0.05, 0.1) is 18.0 Å². The molecule has 162 valence electrons. The number of aliphatic hydroxyl groups excluding tert-OH is 1. The number of nitrogens with zero attached hydrogens (tertiary/aromatic N) is 3. The number of carbonyl (C=O) groups is 1. The summed E-state index contributed by atoms with van der Waals surface area (Å²) >= 11 is 0. The molecule has 0 aliphatic rings. The number of aromatic nitrogens is 3. The molecule has 0 saturated heterocycles. The first-order chi connectivity index (χ1) is 14.8. The van der Waals surface area contributed by atoms with Crippen molar-refractivity contribution in [3.8, 4) is 17.0 Å². The summed E-state index contributed by atoms with van der Waals surface area (Å²) in [6.45, 7) is 1.13. The summed E-state index contributed by atoms with van der Waals surface area (Å²) in [5.41, 5.74) is 1.71. The molecule has 3 heterocycles. The third kappa shape index (κ3) is 5.96. The first kappa shape index (κ1) is 22.1. The van der Waals surface area contributed by atoms with Gasteiger partial charge in [0.15, 0.2) is 14.9 Å². The van der Waals surface area contributed by atoms with Crippen LogP contribution in [0.3, 0.4) is 0 Å². The molecule has 0 aliphatic heterocycles. The lowest BCUT2D eigenvalue weighted by Gasteiger charge is -2.15. The van der Waals surface area contributed by atoms with Crippen LogP contribution < -0.4 is 15.4 Å². The quantitative estimate of drug-likeness (QED) is 0.476. The lowest BCUT2D eigenvalue weighted by Crippen LogP contribution is -2.09. The summed E-state index contributed by atoms with van der Waals surface area (Å²) in [5.74, 6) is 0.419. The van der Waals surface area contributed by atoms with Crippen molar-refractivity contribution < 1.29 is 23.1 Å². The Hall–Kier alpha value is -3.57. The average molecular weight is 443 g/mol. The summed E-state index contributed by atoms with van der Waals surface area (Å²) < 4.78 is 29.5. The molecular weight excluding hydrogens is 422 g/mol. The van der Waals surface area contributed by atoms with Gasteiger partial charge in [0, 0.05) is 49.3 Å². The molecule has 0 fully saturated rings. The highest BCUT2D eigenvalue weighted by Gasteiger charge is 2.16. The number of amides is 1. The van der Waals surface area contributed by atoms with Gasteiger partial charge in [-0.15, -0.1) is 0 Å². The van der Waals surface area contributed by atoms with E-state index in [-0.39, 0.29) is 35.7 Å². The second kappa shape index (κ2) is 9.49. The highest BCUT2D eigenvalue weighted by molar-refractivity contribution is 7.90. The number of hydrogen-bond acceptors (Lipinski definition) is 9. The average Bonchev–Trinajstić information content (AvgIpc) is 2.72. The topological polar surface area (TPSA) is 143 Å². The van der Waals surface area contributed by atoms with Crippen LogP contribution in [0.5, 0.6) is 5.75 Å². The van der Waals surface area contributed by atoms with Crippen LogP contribution in [0.15, 0.2) is 53.8 Å². The number of aliphatic hydroxyl groups is 1. The molecule has 10 nitrogen and oxygen atoms in total. The molecule has 3 aromatic heterocycles. The fourth-order valence-corrected chi connectivity index (χ4v) is 3.25. The summed E-state index contributed by atoms with van der Waals surface area (Å²) in [6.07, 6.45) is 4.21. The second-order valence-electron chi connectivity index (χ2n) is 6.51. The lowest BCUT2D eigenvalue weighted by atomic mass is 10.1. The van der Waals surface area contributed by atoms with E-state index < -0.39 is 9.84 Å². The minimum atomic E-state index is -3.63. The SMILES string of the molecule is CC(=O)Nc1cc(Nc2cc(OCCO)cc(S(C)(=O)=O)n2)c(-c2ccccn2)cn1. The van der Waals surface area contributed by atoms with Crippen molar-refractivity contribution in [1.29, 1.82) is 0 Å². The van der Waals surface area contributed by atoms with Crippen LogP contribution in [-0.2, 0) is 14.6 Å². The van der Waals surface area contributed by atoms with Gasteiger partial charge in [-0.1, -0.05) is 6.07 Å². The molecule has 0 atom stereocenters. The summed E-state index contributed by atoms with van der Waals surface area (Å²) in [5, 5.41) is 14.5. The summed E-state index contributed by atoms with van der Waals surface area (Å²) in [6, 6.07) is 9.76. The maximum Gasteiger partial charge on any atom is 0.222 e. The summed E-state index contributed by atoms with van der Waals surface area (Å²) in [4.78, 5) is 24.2. The number of carbonyl (C=O) groups excluding carboxylic acids is 1. The van der Waals surface area contributed by atoms with Gasteiger partial charge in [0.2, 0.25) is 5.91 Å². The third-order valence-electron chi connectivity index (χ3n) is 3.93. The Bertz CT molecular complexity index is 1190. The van der Waals surface area contributed by atoms with Crippen LogP contribution in [0.4, 0.5) is 17.3 Å². The molecule has 11 heteroatoms. The molecule has 3 aromatic rings. The van der Waals surface area contributed by atoms with E-state index in [1.807, 2.05) is 6.07 Å². The molecule has 3 rings (SSSR count). The molecule has 0 radical (unpaired) electrons. The number of anilines is 3. The van der Waals surface area contributed by atoms with E-state index in [1.165, 1.54) is 19.1 Å². The van der Waals surface area contributed by atoms with Crippen molar-refractivity contribution in [3.05, 3.63) is 48.8 Å². The van der Waals surface area contributed by atoms with E-state index in [0.29, 0.717) is 22.8 Å². The third-order valence-corrected chi connectivity index (χ3v) is 4.90. The smallest absolute Gasteiger partial charge is 0.222 e. The van der Waals surface area contributed by atoms with E-state index in [1.54, 1.807) is 30.6 Å². The fourth-order valence-electron chi connectivity index (χ4n) is 2.65. The minimum Gasteiger partial charge on any atom is -0.491 e. The van der Waals surface area contributed by atoms with Crippen molar-refractivity contribution in [2.24, 2.45) is 0 Å². The van der Waals surface area contributed by atoms with E-state index in [4.69, 9.17) is 9.84 Å². The van der Waals surface area contributed by atoms with Crippen molar-refractivity contribution >= 4 is 33.1 Å². The standard InChI is InChI=1S/C20H21N5O5S/c1-13(27)23-18-11-17(15(12-22-18)16-5-3-4-6-21-16)24-19-9-14(30-8-7-26)10-20(25-19)31(2,28)29/h3-6,9-12,26H,7-8H2,1-2H3,(H2,22,23,24,25,27). The molecule has 0 aliphatic carbocycles. The Morgan fingerprint density at radius 2 is 1.97 bits per heavy atom. The highest BCUT2D eigenvalue weighted by atomic mass is 32.2. The zero-order valence-electron chi connectivity index (χ0n) is 16.9. The largest absolute Gasteiger partial charge is 0.491 e. The van der Waals surface area contributed by atoms with Gasteiger partial charge in [-0.25, -0.2) is 18.4 Å². The lowest BCUT2D eigenvalue weighted by molar-refractivity contribution is -0.114. The van der Waals surface area contributed by atoms with Gasteiger partial charge in [0.1, 0.15) is 24.0 Å². The predicted octanol–water partition coefficient (Wildman–Crippen LogP) is 2.02. The first-order valence-electron chi connectivity index (χ1n) is 9.18. The number of hydrogen-bond donors (Lipinski definition) is 3. The molecule has 0 unspecified atom stereocenters. The van der Waals surface area contributed by atoms with Crippen LogP contribution >= 0.6 is 0 Å². The second-order valence-corrected chi connectivity index (χ2v) is 8.47. The van der Waals surface area contributed by atoms with Gasteiger partial charge < -0.3 is 20.5 Å². The fraction of sp³-hybridized carbons (Fsp3) is 0.200. The maximum atomic E-state index is 12.1. The minimum absolute atomic E-state index is 0.00617. The Balaban J connectivity index is 2.08.